The number of nitrogens with one attached hydrogen (secondary N) is 2. The molecule has 0 fully saturated rings. The lowest BCUT2D eigenvalue weighted by atomic mass is 10.3. The molecule has 0 amide bonds. The van der Waals surface area contributed by atoms with Crippen molar-refractivity contribution in [1.29, 1.82) is 0 Å². The van der Waals surface area contributed by atoms with Crippen LogP contribution in [0.2, 0.25) is 0 Å². The molecule has 0 atom stereocenters. The second kappa shape index (κ2) is 3.91. The number of furan rings is 1. The van der Waals surface area contributed by atoms with E-state index in [9.17, 15) is 0 Å². The number of H-pyrrole nitrogens is 1. The number of hydrogen-bond acceptors (Lipinski definition) is 3. The van der Waals surface area contributed by atoms with Gasteiger partial charge in [0.05, 0.1) is 18.7 Å². The molecule has 2 N–H and O–H groups in total. The Kier molecular flexibility index (Phi) is 2.43. The Labute approximate surface area is 76.0 Å². The van der Waals surface area contributed by atoms with Crippen LogP contribution in [0.15, 0.2) is 35.4 Å². The fourth-order valence-corrected chi connectivity index (χ4v) is 1.12. The summed E-state index contributed by atoms with van der Waals surface area (Å²) in [6, 6.07) is 1.95. The minimum atomic E-state index is 0.821. The maximum Gasteiger partial charge on any atom is 0.0947 e. The molecule has 0 aromatic carbocycles. The Morgan fingerprint density at radius 1 is 1.38 bits per heavy atom. The zero-order chi connectivity index (χ0) is 8.93. The van der Waals surface area contributed by atoms with Crippen molar-refractivity contribution in [3.05, 3.63) is 42.1 Å². The molecule has 0 saturated carbocycles. The molecule has 2 aromatic rings. The van der Waals surface area contributed by atoms with E-state index in [1.807, 2.05) is 18.5 Å². The fourth-order valence-electron chi connectivity index (χ4n) is 1.12. The molecule has 2 rings (SSSR count). The largest absolute Gasteiger partial charge is 0.472 e. The smallest absolute Gasteiger partial charge is 0.0947 e. The van der Waals surface area contributed by atoms with E-state index in [0.717, 1.165) is 24.2 Å². The van der Waals surface area contributed by atoms with E-state index in [-0.39, 0.29) is 0 Å². The summed E-state index contributed by atoms with van der Waals surface area (Å²) >= 11 is 0. The Morgan fingerprint density at radius 2 is 2.31 bits per heavy atom. The molecule has 0 aliphatic heterocycles. The molecule has 2 aromatic heterocycles. The molecule has 0 bridgehead atoms. The summed E-state index contributed by atoms with van der Waals surface area (Å²) in [6.07, 6.45) is 7.10. The summed E-state index contributed by atoms with van der Waals surface area (Å²) in [5.74, 6) is 0. The number of aromatic nitrogens is 2. The predicted octanol–water partition coefficient (Wildman–Crippen LogP) is 1.29. The Balaban J connectivity index is 1.76. The van der Waals surface area contributed by atoms with E-state index < -0.39 is 0 Å². The van der Waals surface area contributed by atoms with E-state index in [2.05, 4.69) is 15.5 Å². The molecule has 0 aliphatic rings. The number of rotatable bonds is 4. The van der Waals surface area contributed by atoms with Crippen molar-refractivity contribution in [3.8, 4) is 0 Å². The zero-order valence-electron chi connectivity index (χ0n) is 7.16. The van der Waals surface area contributed by atoms with Crippen LogP contribution < -0.4 is 5.32 Å². The summed E-state index contributed by atoms with van der Waals surface area (Å²) in [4.78, 5) is 0. The second-order valence-corrected chi connectivity index (χ2v) is 2.84. The minimum Gasteiger partial charge on any atom is -0.472 e. The average molecular weight is 177 g/mol. The average Bonchev–Trinajstić information content (AvgIpc) is 2.75. The summed E-state index contributed by atoms with van der Waals surface area (Å²) in [5.41, 5.74) is 2.31. The zero-order valence-corrected chi connectivity index (χ0v) is 7.16. The van der Waals surface area contributed by atoms with Crippen molar-refractivity contribution in [1.82, 2.24) is 15.5 Å². The van der Waals surface area contributed by atoms with E-state index in [0.29, 0.717) is 0 Å². The molecular formula is C9H11N3O. The van der Waals surface area contributed by atoms with Gasteiger partial charge in [0.15, 0.2) is 0 Å². The third kappa shape index (κ3) is 2.19. The van der Waals surface area contributed by atoms with E-state index >= 15 is 0 Å². The van der Waals surface area contributed by atoms with E-state index in [1.54, 1.807) is 12.5 Å². The van der Waals surface area contributed by atoms with Crippen molar-refractivity contribution in [2.45, 2.75) is 13.1 Å². The topological polar surface area (TPSA) is 53.9 Å². The van der Waals surface area contributed by atoms with Crippen molar-refractivity contribution in [3.63, 3.8) is 0 Å². The van der Waals surface area contributed by atoms with Gasteiger partial charge in [0.1, 0.15) is 0 Å². The van der Waals surface area contributed by atoms with Gasteiger partial charge in [0, 0.05) is 30.4 Å². The SMILES string of the molecule is c1cc(CNCc2cn[nH]c2)co1. The number of aromatic amines is 1. The molecule has 0 unspecified atom stereocenters. The molecule has 2 heterocycles. The van der Waals surface area contributed by atoms with Crippen LogP contribution in [0.5, 0.6) is 0 Å². The van der Waals surface area contributed by atoms with Crippen LogP contribution >= 0.6 is 0 Å². The van der Waals surface area contributed by atoms with Gasteiger partial charge in [-0.3, -0.25) is 5.10 Å². The van der Waals surface area contributed by atoms with E-state index in [1.165, 1.54) is 0 Å². The predicted molar refractivity (Wildman–Crippen MR) is 47.8 cm³/mol. The highest BCUT2D eigenvalue weighted by atomic mass is 16.3. The molecular weight excluding hydrogens is 166 g/mol. The summed E-state index contributed by atoms with van der Waals surface area (Å²) in [7, 11) is 0. The number of nitrogens with zero attached hydrogens (tertiary/aromatic N) is 1. The Bertz CT molecular complexity index is 291. The maximum absolute atomic E-state index is 4.94. The van der Waals surface area contributed by atoms with Crippen LogP contribution in [0.1, 0.15) is 11.1 Å². The van der Waals surface area contributed by atoms with Gasteiger partial charge in [0.2, 0.25) is 0 Å². The van der Waals surface area contributed by atoms with Gasteiger partial charge < -0.3 is 9.73 Å². The molecule has 0 saturated heterocycles. The first-order valence-corrected chi connectivity index (χ1v) is 4.14. The maximum atomic E-state index is 4.94. The normalized spacial score (nSPS) is 10.5. The van der Waals surface area contributed by atoms with Gasteiger partial charge >= 0.3 is 0 Å². The minimum absolute atomic E-state index is 0.821. The summed E-state index contributed by atoms with van der Waals surface area (Å²) < 4.78 is 4.94. The lowest BCUT2D eigenvalue weighted by Gasteiger charge is -1.98. The second-order valence-electron chi connectivity index (χ2n) is 2.84. The highest BCUT2D eigenvalue weighted by molar-refractivity contribution is 5.06. The van der Waals surface area contributed by atoms with Crippen molar-refractivity contribution in [2.24, 2.45) is 0 Å². The highest BCUT2D eigenvalue weighted by Crippen LogP contribution is 1.99. The lowest BCUT2D eigenvalue weighted by Crippen LogP contribution is -2.11. The Morgan fingerprint density at radius 3 is 3.00 bits per heavy atom. The van der Waals surface area contributed by atoms with E-state index in [4.69, 9.17) is 4.42 Å². The molecule has 4 heteroatoms. The summed E-state index contributed by atoms with van der Waals surface area (Å²) in [6.45, 7) is 1.64. The van der Waals surface area contributed by atoms with Crippen molar-refractivity contribution < 1.29 is 4.42 Å². The van der Waals surface area contributed by atoms with Gasteiger partial charge in [-0.1, -0.05) is 0 Å². The summed E-state index contributed by atoms with van der Waals surface area (Å²) in [5, 5.41) is 9.89. The molecule has 4 nitrogen and oxygen atoms in total. The van der Waals surface area contributed by atoms with Crippen LogP contribution in [0.25, 0.3) is 0 Å². The standard InChI is InChI=1S/C9H11N3O/c1-2-13-7-8(1)3-10-4-9-5-11-12-6-9/h1-2,5-7,10H,3-4H2,(H,11,12). The molecule has 13 heavy (non-hydrogen) atoms. The quantitative estimate of drug-likeness (QED) is 0.740. The van der Waals surface area contributed by atoms with Gasteiger partial charge in [-0.2, -0.15) is 5.10 Å². The van der Waals surface area contributed by atoms with Crippen LogP contribution in [0.3, 0.4) is 0 Å². The van der Waals surface area contributed by atoms with Crippen molar-refractivity contribution in [2.75, 3.05) is 0 Å². The fraction of sp³-hybridized carbons (Fsp3) is 0.222. The van der Waals surface area contributed by atoms with Crippen LogP contribution in [0.4, 0.5) is 0 Å². The van der Waals surface area contributed by atoms with Gasteiger partial charge in [-0.25, -0.2) is 0 Å². The first-order valence-electron chi connectivity index (χ1n) is 4.14. The van der Waals surface area contributed by atoms with Gasteiger partial charge in [-0.15, -0.1) is 0 Å². The van der Waals surface area contributed by atoms with Crippen molar-refractivity contribution >= 4 is 0 Å². The van der Waals surface area contributed by atoms with Crippen LogP contribution in [-0.4, -0.2) is 10.2 Å². The number of hydrogen-bond donors (Lipinski definition) is 2. The third-order valence-electron chi connectivity index (χ3n) is 1.79. The lowest BCUT2D eigenvalue weighted by molar-refractivity contribution is 0.560. The molecule has 0 radical (unpaired) electrons. The van der Waals surface area contributed by atoms with Crippen LogP contribution in [0, 0.1) is 0 Å². The van der Waals surface area contributed by atoms with Gasteiger partial charge in [0.25, 0.3) is 0 Å². The molecule has 0 spiro atoms. The third-order valence-corrected chi connectivity index (χ3v) is 1.79. The Hall–Kier alpha value is -1.55. The molecule has 68 valence electrons. The highest BCUT2D eigenvalue weighted by Gasteiger charge is 1.95. The first kappa shape index (κ1) is 8.07. The first-order chi connectivity index (χ1) is 6.45. The van der Waals surface area contributed by atoms with Gasteiger partial charge in [-0.05, 0) is 6.07 Å². The molecule has 0 aliphatic carbocycles. The van der Waals surface area contributed by atoms with Crippen LogP contribution in [-0.2, 0) is 13.1 Å². The monoisotopic (exact) mass is 177 g/mol.